The van der Waals surface area contributed by atoms with Crippen LogP contribution in [0.15, 0.2) is 29.6 Å². The van der Waals surface area contributed by atoms with E-state index in [-0.39, 0.29) is 11.5 Å². The molecule has 2 rings (SSSR count). The van der Waals surface area contributed by atoms with Crippen LogP contribution in [0.25, 0.3) is 11.3 Å². The summed E-state index contributed by atoms with van der Waals surface area (Å²) in [6.45, 7) is 0. The average Bonchev–Trinajstić information content (AvgIpc) is 2.87. The van der Waals surface area contributed by atoms with Gasteiger partial charge in [0.25, 0.3) is 5.69 Å². The SMILES string of the molecule is N=C(NO)c1nc(-c2cccc([N+](=O)[O-])c2)cs1. The van der Waals surface area contributed by atoms with Crippen molar-refractivity contribution in [3.63, 3.8) is 0 Å². The lowest BCUT2D eigenvalue weighted by Gasteiger charge is -1.97. The highest BCUT2D eigenvalue weighted by atomic mass is 32.1. The van der Waals surface area contributed by atoms with E-state index in [0.717, 1.165) is 11.3 Å². The van der Waals surface area contributed by atoms with Gasteiger partial charge in [-0.2, -0.15) is 0 Å². The molecule has 0 atom stereocenters. The number of hydrogen-bond donors (Lipinski definition) is 3. The fourth-order valence-electron chi connectivity index (χ4n) is 1.35. The van der Waals surface area contributed by atoms with Crippen molar-refractivity contribution in [3.8, 4) is 11.3 Å². The van der Waals surface area contributed by atoms with Crippen LogP contribution in [-0.2, 0) is 0 Å². The van der Waals surface area contributed by atoms with Gasteiger partial charge >= 0.3 is 0 Å². The molecule has 0 radical (unpaired) electrons. The first-order valence-electron chi connectivity index (χ1n) is 4.81. The van der Waals surface area contributed by atoms with Gasteiger partial charge in [-0.1, -0.05) is 12.1 Å². The fraction of sp³-hybridized carbons (Fsp3) is 0. The number of hydrogen-bond acceptors (Lipinski definition) is 6. The number of benzene rings is 1. The van der Waals surface area contributed by atoms with Crippen molar-refractivity contribution in [1.82, 2.24) is 10.5 Å². The number of nitrogens with one attached hydrogen (secondary N) is 2. The second kappa shape index (κ2) is 4.90. The summed E-state index contributed by atoms with van der Waals surface area (Å²) in [5.41, 5.74) is 2.80. The third kappa shape index (κ3) is 2.34. The Labute approximate surface area is 105 Å². The maximum Gasteiger partial charge on any atom is 0.270 e. The number of rotatable bonds is 3. The van der Waals surface area contributed by atoms with Gasteiger partial charge in [-0.05, 0) is 0 Å². The Morgan fingerprint density at radius 1 is 1.56 bits per heavy atom. The van der Waals surface area contributed by atoms with Crippen molar-refractivity contribution in [3.05, 3.63) is 44.8 Å². The van der Waals surface area contributed by atoms with Crippen LogP contribution >= 0.6 is 11.3 Å². The normalized spacial score (nSPS) is 10.1. The summed E-state index contributed by atoms with van der Waals surface area (Å²) in [6, 6.07) is 6.08. The van der Waals surface area contributed by atoms with Gasteiger partial charge in [0.15, 0.2) is 10.8 Å². The van der Waals surface area contributed by atoms with E-state index in [1.54, 1.807) is 23.0 Å². The van der Waals surface area contributed by atoms with E-state index in [1.165, 1.54) is 12.1 Å². The molecule has 0 saturated heterocycles. The van der Waals surface area contributed by atoms with Crippen molar-refractivity contribution >= 4 is 22.9 Å². The van der Waals surface area contributed by atoms with Gasteiger partial charge in [0.05, 0.1) is 10.6 Å². The summed E-state index contributed by atoms with van der Waals surface area (Å²) in [6.07, 6.45) is 0. The molecule has 1 aromatic carbocycles. The predicted octanol–water partition coefficient (Wildman–Crippen LogP) is 2.02. The zero-order chi connectivity index (χ0) is 13.1. The molecule has 0 aliphatic carbocycles. The summed E-state index contributed by atoms with van der Waals surface area (Å²) in [5, 5.41) is 28.6. The van der Waals surface area contributed by atoms with Crippen LogP contribution < -0.4 is 5.48 Å². The zero-order valence-electron chi connectivity index (χ0n) is 8.95. The minimum Gasteiger partial charge on any atom is -0.290 e. The van der Waals surface area contributed by atoms with Crippen molar-refractivity contribution in [1.29, 1.82) is 5.41 Å². The van der Waals surface area contributed by atoms with Gasteiger partial charge < -0.3 is 0 Å². The molecule has 0 fully saturated rings. The van der Waals surface area contributed by atoms with E-state index < -0.39 is 4.92 Å². The van der Waals surface area contributed by atoms with Gasteiger partial charge in [0, 0.05) is 23.1 Å². The molecular formula is C10H8N4O3S. The first kappa shape index (κ1) is 12.1. The van der Waals surface area contributed by atoms with Crippen LogP contribution in [0.5, 0.6) is 0 Å². The fourth-order valence-corrected chi connectivity index (χ4v) is 2.07. The number of hydroxylamine groups is 1. The number of thiazole rings is 1. The first-order chi connectivity index (χ1) is 8.61. The average molecular weight is 264 g/mol. The maximum atomic E-state index is 10.7. The largest absolute Gasteiger partial charge is 0.290 e. The third-order valence-corrected chi connectivity index (χ3v) is 3.04. The van der Waals surface area contributed by atoms with Gasteiger partial charge in [0.2, 0.25) is 0 Å². The molecule has 92 valence electrons. The molecule has 1 aromatic heterocycles. The van der Waals surface area contributed by atoms with Crippen LogP contribution in [0, 0.1) is 15.5 Å². The van der Waals surface area contributed by atoms with E-state index in [9.17, 15) is 10.1 Å². The van der Waals surface area contributed by atoms with Crippen LogP contribution in [0.2, 0.25) is 0 Å². The van der Waals surface area contributed by atoms with Crippen LogP contribution in [0.4, 0.5) is 5.69 Å². The van der Waals surface area contributed by atoms with Crippen molar-refractivity contribution < 1.29 is 10.1 Å². The molecule has 18 heavy (non-hydrogen) atoms. The number of non-ortho nitro benzene ring substituents is 1. The molecular weight excluding hydrogens is 256 g/mol. The Morgan fingerprint density at radius 2 is 2.33 bits per heavy atom. The molecule has 3 N–H and O–H groups in total. The Kier molecular flexibility index (Phi) is 3.31. The van der Waals surface area contributed by atoms with Crippen LogP contribution in [0.1, 0.15) is 5.01 Å². The van der Waals surface area contributed by atoms with Crippen LogP contribution in [-0.4, -0.2) is 21.0 Å². The second-order valence-corrected chi connectivity index (χ2v) is 4.19. The van der Waals surface area contributed by atoms with Gasteiger partial charge in [-0.15, -0.1) is 11.3 Å². The number of aromatic nitrogens is 1. The number of nitro groups is 1. The van der Waals surface area contributed by atoms with E-state index in [2.05, 4.69) is 4.98 Å². The smallest absolute Gasteiger partial charge is 0.270 e. The zero-order valence-corrected chi connectivity index (χ0v) is 9.77. The van der Waals surface area contributed by atoms with Crippen LogP contribution in [0.3, 0.4) is 0 Å². The minimum absolute atomic E-state index is 0.0163. The summed E-state index contributed by atoms with van der Waals surface area (Å²) in [4.78, 5) is 14.3. The predicted molar refractivity (Wildman–Crippen MR) is 66.0 cm³/mol. The molecule has 7 nitrogen and oxygen atoms in total. The van der Waals surface area contributed by atoms with E-state index >= 15 is 0 Å². The Morgan fingerprint density at radius 3 is 3.00 bits per heavy atom. The quantitative estimate of drug-likeness (QED) is 0.340. The lowest BCUT2D eigenvalue weighted by atomic mass is 10.1. The number of amidine groups is 1. The molecule has 8 heteroatoms. The van der Waals surface area contributed by atoms with Gasteiger partial charge in [-0.3, -0.25) is 26.2 Å². The molecule has 0 aliphatic heterocycles. The van der Waals surface area contributed by atoms with E-state index in [1.807, 2.05) is 0 Å². The highest BCUT2D eigenvalue weighted by Gasteiger charge is 2.11. The van der Waals surface area contributed by atoms with Crippen molar-refractivity contribution in [2.75, 3.05) is 0 Å². The lowest BCUT2D eigenvalue weighted by molar-refractivity contribution is -0.384. The van der Waals surface area contributed by atoms with Gasteiger partial charge in [-0.25, -0.2) is 4.98 Å². The maximum absolute atomic E-state index is 10.7. The highest BCUT2D eigenvalue weighted by molar-refractivity contribution is 7.12. The highest BCUT2D eigenvalue weighted by Crippen LogP contribution is 2.25. The monoisotopic (exact) mass is 264 g/mol. The van der Waals surface area contributed by atoms with E-state index in [4.69, 9.17) is 10.6 Å². The summed E-state index contributed by atoms with van der Waals surface area (Å²) < 4.78 is 0. The molecule has 0 aliphatic rings. The summed E-state index contributed by atoms with van der Waals surface area (Å²) in [5.74, 6) is -0.211. The molecule has 0 saturated carbocycles. The second-order valence-electron chi connectivity index (χ2n) is 3.33. The van der Waals surface area contributed by atoms with E-state index in [0.29, 0.717) is 16.3 Å². The Balaban J connectivity index is 2.37. The molecule has 0 spiro atoms. The topological polar surface area (TPSA) is 112 Å². The summed E-state index contributed by atoms with van der Waals surface area (Å²) in [7, 11) is 0. The standard InChI is InChI=1S/C10H8N4O3S/c11-9(13-15)10-12-8(5-18-10)6-2-1-3-7(4-6)14(16)17/h1-5,15H,(H2,11,13). The Bertz CT molecular complexity index is 611. The molecule has 2 aromatic rings. The summed E-state index contributed by atoms with van der Waals surface area (Å²) >= 11 is 1.16. The molecule has 0 amide bonds. The molecule has 0 unspecified atom stereocenters. The number of nitro benzene ring substituents is 1. The van der Waals surface area contributed by atoms with Crippen molar-refractivity contribution in [2.45, 2.75) is 0 Å². The molecule has 1 heterocycles. The van der Waals surface area contributed by atoms with Crippen molar-refractivity contribution in [2.24, 2.45) is 0 Å². The number of nitrogens with zero attached hydrogens (tertiary/aromatic N) is 2. The minimum atomic E-state index is -0.478. The third-order valence-electron chi connectivity index (χ3n) is 2.18. The first-order valence-corrected chi connectivity index (χ1v) is 5.69. The molecule has 0 bridgehead atoms. The lowest BCUT2D eigenvalue weighted by Crippen LogP contribution is -2.18. The van der Waals surface area contributed by atoms with Gasteiger partial charge in [0.1, 0.15) is 0 Å². The Hall–Kier alpha value is -2.32.